The van der Waals surface area contributed by atoms with Crippen LogP contribution in [-0.2, 0) is 4.79 Å². The summed E-state index contributed by atoms with van der Waals surface area (Å²) in [4.78, 5) is 17.4. The van der Waals surface area contributed by atoms with Crippen LogP contribution in [0.25, 0.3) is 5.69 Å². The number of aryl methyl sites for hydroxylation is 1. The van der Waals surface area contributed by atoms with Gasteiger partial charge in [-0.3, -0.25) is 9.36 Å². The van der Waals surface area contributed by atoms with Crippen LogP contribution in [0.2, 0.25) is 0 Å². The van der Waals surface area contributed by atoms with Gasteiger partial charge in [0.2, 0.25) is 5.91 Å². The van der Waals surface area contributed by atoms with E-state index in [2.05, 4.69) is 33.9 Å². The molecule has 1 amide bonds. The van der Waals surface area contributed by atoms with Gasteiger partial charge in [-0.1, -0.05) is 60.3 Å². The summed E-state index contributed by atoms with van der Waals surface area (Å²) >= 11 is 1.50. The van der Waals surface area contributed by atoms with Crippen LogP contribution >= 0.6 is 11.8 Å². The zero-order chi connectivity index (χ0) is 17.9. The van der Waals surface area contributed by atoms with Crippen molar-refractivity contribution in [3.05, 3.63) is 78.1 Å². The minimum atomic E-state index is -0.318. The Balaban J connectivity index is 1.65. The number of aromatic nitrogens is 2. The van der Waals surface area contributed by atoms with E-state index in [0.717, 1.165) is 29.2 Å². The normalized spacial score (nSPS) is 14.8. The van der Waals surface area contributed by atoms with E-state index in [1.165, 1.54) is 17.3 Å². The molecule has 0 bridgehead atoms. The number of carbonyl (C=O) groups is 1. The second-order valence-corrected chi connectivity index (χ2v) is 7.63. The van der Waals surface area contributed by atoms with Crippen LogP contribution in [0.1, 0.15) is 29.2 Å². The Bertz CT molecular complexity index is 902. The molecule has 1 aromatic heterocycles. The number of thioether (sulfide) groups is 1. The molecular weight excluding hydrogens is 342 g/mol. The van der Waals surface area contributed by atoms with Gasteiger partial charge in [-0.2, -0.15) is 0 Å². The monoisotopic (exact) mass is 363 g/mol. The molecule has 0 aliphatic heterocycles. The average molecular weight is 363 g/mol. The first-order valence-corrected chi connectivity index (χ1v) is 9.71. The predicted molar refractivity (Wildman–Crippen MR) is 105 cm³/mol. The average Bonchev–Trinajstić information content (AvgIpc) is 3.35. The molecule has 4 rings (SSSR count). The summed E-state index contributed by atoms with van der Waals surface area (Å²) < 4.78 is 2.06. The minimum Gasteiger partial charge on any atom is -0.352 e. The van der Waals surface area contributed by atoms with Gasteiger partial charge in [0, 0.05) is 18.4 Å². The summed E-state index contributed by atoms with van der Waals surface area (Å²) in [6, 6.07) is 18.5. The second-order valence-electron chi connectivity index (χ2n) is 6.56. The molecule has 3 aromatic rings. The molecule has 26 heavy (non-hydrogen) atoms. The number of amides is 1. The van der Waals surface area contributed by atoms with E-state index in [9.17, 15) is 4.79 Å². The lowest BCUT2D eigenvalue weighted by molar-refractivity contribution is -0.120. The molecular formula is C21H21N3OS. The molecule has 132 valence electrons. The molecule has 4 nitrogen and oxygen atoms in total. The maximum atomic E-state index is 12.9. The summed E-state index contributed by atoms with van der Waals surface area (Å²) in [6.45, 7) is 2.08. The van der Waals surface area contributed by atoms with E-state index in [0.29, 0.717) is 6.04 Å². The molecule has 2 aromatic carbocycles. The van der Waals surface area contributed by atoms with E-state index in [4.69, 9.17) is 0 Å². The van der Waals surface area contributed by atoms with Gasteiger partial charge < -0.3 is 5.32 Å². The fourth-order valence-corrected chi connectivity index (χ4v) is 3.98. The number of benzene rings is 2. The zero-order valence-electron chi connectivity index (χ0n) is 14.6. The van der Waals surface area contributed by atoms with Crippen molar-refractivity contribution in [2.24, 2.45) is 0 Å². The van der Waals surface area contributed by atoms with Gasteiger partial charge in [-0.15, -0.1) is 0 Å². The van der Waals surface area contributed by atoms with E-state index >= 15 is 0 Å². The van der Waals surface area contributed by atoms with Gasteiger partial charge in [0.25, 0.3) is 0 Å². The molecule has 1 atom stereocenters. The Morgan fingerprint density at radius 2 is 1.88 bits per heavy atom. The smallest absolute Gasteiger partial charge is 0.238 e. The molecule has 0 radical (unpaired) electrons. The number of hydrogen-bond donors (Lipinski definition) is 1. The molecule has 0 spiro atoms. The Labute approximate surface area is 157 Å². The van der Waals surface area contributed by atoms with E-state index in [1.54, 1.807) is 6.20 Å². The van der Waals surface area contributed by atoms with Crippen LogP contribution < -0.4 is 5.32 Å². The van der Waals surface area contributed by atoms with Crippen molar-refractivity contribution < 1.29 is 4.79 Å². The SMILES string of the molecule is Cc1ccccc1-n1ccnc1SC(C(=O)NC1CC1)c1ccccc1. The Kier molecular flexibility index (Phi) is 4.80. The van der Waals surface area contributed by atoms with Crippen molar-refractivity contribution in [2.45, 2.75) is 36.2 Å². The number of para-hydroxylation sites is 1. The third-order valence-electron chi connectivity index (χ3n) is 4.47. The molecule has 1 fully saturated rings. The van der Waals surface area contributed by atoms with Gasteiger partial charge in [0.1, 0.15) is 5.25 Å². The van der Waals surface area contributed by atoms with Crippen molar-refractivity contribution in [1.82, 2.24) is 14.9 Å². The largest absolute Gasteiger partial charge is 0.352 e. The van der Waals surface area contributed by atoms with Crippen LogP contribution in [0.3, 0.4) is 0 Å². The number of nitrogens with zero attached hydrogens (tertiary/aromatic N) is 2. The Morgan fingerprint density at radius 3 is 2.62 bits per heavy atom. The maximum absolute atomic E-state index is 12.9. The van der Waals surface area contributed by atoms with E-state index in [1.807, 2.05) is 48.7 Å². The summed E-state index contributed by atoms with van der Waals surface area (Å²) in [6.07, 6.45) is 5.90. The summed E-state index contributed by atoms with van der Waals surface area (Å²) in [7, 11) is 0. The number of imidazole rings is 1. The standard InChI is InChI=1S/C21H21N3OS/c1-15-7-5-6-10-18(15)24-14-13-22-21(24)26-19(16-8-3-2-4-9-16)20(25)23-17-11-12-17/h2-10,13-14,17,19H,11-12H2,1H3,(H,23,25). The topological polar surface area (TPSA) is 46.9 Å². The van der Waals surface area contributed by atoms with Crippen LogP contribution in [0.4, 0.5) is 0 Å². The lowest BCUT2D eigenvalue weighted by atomic mass is 10.1. The number of rotatable bonds is 6. The van der Waals surface area contributed by atoms with Crippen LogP contribution in [0.15, 0.2) is 72.1 Å². The summed E-state index contributed by atoms with van der Waals surface area (Å²) in [5, 5.41) is 3.64. The van der Waals surface area contributed by atoms with Crippen LogP contribution in [0.5, 0.6) is 0 Å². The van der Waals surface area contributed by atoms with Gasteiger partial charge in [0.05, 0.1) is 5.69 Å². The maximum Gasteiger partial charge on any atom is 0.238 e. The Morgan fingerprint density at radius 1 is 1.15 bits per heavy atom. The first-order chi connectivity index (χ1) is 12.7. The molecule has 1 unspecified atom stereocenters. The molecule has 1 aliphatic carbocycles. The van der Waals surface area contributed by atoms with Gasteiger partial charge in [0.15, 0.2) is 5.16 Å². The molecule has 1 aliphatic rings. The number of hydrogen-bond acceptors (Lipinski definition) is 3. The highest BCUT2D eigenvalue weighted by Gasteiger charge is 2.30. The van der Waals surface area contributed by atoms with Crippen molar-refractivity contribution in [3.63, 3.8) is 0 Å². The van der Waals surface area contributed by atoms with E-state index < -0.39 is 0 Å². The highest BCUT2D eigenvalue weighted by Crippen LogP contribution is 2.36. The molecule has 1 N–H and O–H groups in total. The quantitative estimate of drug-likeness (QED) is 0.665. The highest BCUT2D eigenvalue weighted by molar-refractivity contribution is 8.00. The third-order valence-corrected chi connectivity index (χ3v) is 5.70. The summed E-state index contributed by atoms with van der Waals surface area (Å²) in [5.74, 6) is 0.0584. The Hall–Kier alpha value is -2.53. The molecule has 5 heteroatoms. The fourth-order valence-electron chi connectivity index (χ4n) is 2.90. The van der Waals surface area contributed by atoms with E-state index in [-0.39, 0.29) is 11.2 Å². The van der Waals surface area contributed by atoms with Crippen molar-refractivity contribution in [1.29, 1.82) is 0 Å². The van der Waals surface area contributed by atoms with Gasteiger partial charge in [-0.05, 0) is 37.0 Å². The van der Waals surface area contributed by atoms with Crippen LogP contribution in [-0.4, -0.2) is 21.5 Å². The highest BCUT2D eigenvalue weighted by atomic mass is 32.2. The van der Waals surface area contributed by atoms with Gasteiger partial charge in [-0.25, -0.2) is 4.98 Å². The van der Waals surface area contributed by atoms with Crippen molar-refractivity contribution >= 4 is 17.7 Å². The third kappa shape index (κ3) is 3.68. The number of carbonyl (C=O) groups excluding carboxylic acids is 1. The molecule has 1 saturated carbocycles. The fraction of sp³-hybridized carbons (Fsp3) is 0.238. The minimum absolute atomic E-state index is 0.0584. The first kappa shape index (κ1) is 16.9. The number of nitrogens with one attached hydrogen (secondary N) is 1. The molecule has 0 saturated heterocycles. The predicted octanol–water partition coefficient (Wildman–Crippen LogP) is 4.29. The van der Waals surface area contributed by atoms with Gasteiger partial charge >= 0.3 is 0 Å². The lowest BCUT2D eigenvalue weighted by Gasteiger charge is -2.18. The lowest BCUT2D eigenvalue weighted by Crippen LogP contribution is -2.29. The van der Waals surface area contributed by atoms with Crippen molar-refractivity contribution in [2.75, 3.05) is 0 Å². The first-order valence-electron chi connectivity index (χ1n) is 8.84. The molecule has 1 heterocycles. The van der Waals surface area contributed by atoms with Crippen molar-refractivity contribution in [3.8, 4) is 5.69 Å². The zero-order valence-corrected chi connectivity index (χ0v) is 15.4. The summed E-state index contributed by atoms with van der Waals surface area (Å²) in [5.41, 5.74) is 3.25. The second kappa shape index (κ2) is 7.38. The van der Waals surface area contributed by atoms with Crippen LogP contribution in [0, 0.1) is 6.92 Å².